The van der Waals surface area contributed by atoms with Gasteiger partial charge in [-0.05, 0) is 35.9 Å². The Balaban J connectivity index is 1.27. The van der Waals surface area contributed by atoms with Gasteiger partial charge in [0.2, 0.25) is 0 Å². The van der Waals surface area contributed by atoms with E-state index in [1.807, 2.05) is 60.7 Å². The Morgan fingerprint density at radius 3 is 2.38 bits per heavy atom. The van der Waals surface area contributed by atoms with Crippen molar-refractivity contribution in [2.24, 2.45) is 16.5 Å². The molecule has 0 saturated heterocycles. The number of rotatable bonds is 10. The molecule has 2 aromatic carbocycles. The van der Waals surface area contributed by atoms with E-state index in [0.29, 0.717) is 23.5 Å². The molecule has 0 aliphatic heterocycles. The van der Waals surface area contributed by atoms with Gasteiger partial charge in [-0.2, -0.15) is 4.99 Å². The summed E-state index contributed by atoms with van der Waals surface area (Å²) in [5.74, 6) is -0.714. The van der Waals surface area contributed by atoms with E-state index in [9.17, 15) is 9.59 Å². The number of aliphatic imine (C=N–C) groups is 1. The number of benzene rings is 2. The van der Waals surface area contributed by atoms with Crippen LogP contribution in [-0.4, -0.2) is 39.6 Å². The van der Waals surface area contributed by atoms with Crippen LogP contribution in [0.15, 0.2) is 108 Å². The maximum absolute atomic E-state index is 12.1. The molecule has 202 valence electrons. The molecule has 40 heavy (non-hydrogen) atoms. The fourth-order valence-corrected chi connectivity index (χ4v) is 3.47. The number of pyridine rings is 1. The quantitative estimate of drug-likeness (QED) is 0.0662. The molecule has 4 aromatic rings. The van der Waals surface area contributed by atoms with E-state index in [2.05, 4.69) is 36.3 Å². The normalized spacial score (nSPS) is 11.4. The Morgan fingerprint density at radius 2 is 1.62 bits per heavy atom. The number of nitrogens with one attached hydrogen (secondary N) is 3. The number of hydrazine groups is 1. The molecule has 0 aliphatic carbocycles. The molecule has 0 spiro atoms. The molecule has 0 fully saturated rings. The monoisotopic (exact) mass is 537 g/mol. The number of hydrogen-bond acceptors (Lipinski definition) is 9. The predicted molar refractivity (Wildman–Crippen MR) is 151 cm³/mol. The van der Waals surface area contributed by atoms with Crippen LogP contribution in [0.2, 0.25) is 0 Å². The fourth-order valence-electron chi connectivity index (χ4n) is 3.47. The fraction of sp³-hybridized carbons (Fsp3) is 0.0714. The van der Waals surface area contributed by atoms with Gasteiger partial charge in [-0.3, -0.25) is 20.6 Å². The summed E-state index contributed by atoms with van der Waals surface area (Å²) in [5, 5.41) is 11.4. The highest BCUT2D eigenvalue weighted by Crippen LogP contribution is 2.18. The van der Waals surface area contributed by atoms with Gasteiger partial charge in [0.25, 0.3) is 5.91 Å². The second-order valence-electron chi connectivity index (χ2n) is 8.25. The maximum atomic E-state index is 12.1. The second kappa shape index (κ2) is 13.7. The number of guanidine groups is 1. The molecule has 12 nitrogen and oxygen atoms in total. The maximum Gasteiger partial charge on any atom is 0.334 e. The molecule has 0 saturated carbocycles. The van der Waals surface area contributed by atoms with E-state index < -0.39 is 11.9 Å². The van der Waals surface area contributed by atoms with Gasteiger partial charge in [0, 0.05) is 35.6 Å². The van der Waals surface area contributed by atoms with Crippen molar-refractivity contribution in [2.45, 2.75) is 6.42 Å². The Kier molecular flexibility index (Phi) is 9.32. The van der Waals surface area contributed by atoms with Crippen molar-refractivity contribution < 1.29 is 14.3 Å². The van der Waals surface area contributed by atoms with Gasteiger partial charge in [-0.1, -0.05) is 48.5 Å². The number of ether oxygens (including phenoxy) is 1. The van der Waals surface area contributed by atoms with Crippen LogP contribution in [0.4, 0.5) is 11.5 Å². The minimum absolute atomic E-state index is 0.0775. The average Bonchev–Trinajstić information content (AvgIpc) is 2.98. The molecule has 1 amide bonds. The molecule has 0 aliphatic rings. The molecule has 0 atom stereocenters. The van der Waals surface area contributed by atoms with Crippen LogP contribution >= 0.6 is 0 Å². The van der Waals surface area contributed by atoms with Crippen LogP contribution in [0.25, 0.3) is 11.3 Å². The summed E-state index contributed by atoms with van der Waals surface area (Å²) in [6.45, 7) is 0.0775. The van der Waals surface area contributed by atoms with Crippen molar-refractivity contribution in [2.75, 3.05) is 11.9 Å². The van der Waals surface area contributed by atoms with E-state index in [1.165, 1.54) is 24.5 Å². The number of carbonyl (C=O) groups excluding carboxylic acids is 2. The summed E-state index contributed by atoms with van der Waals surface area (Å²) in [5.41, 5.74) is 20.3. The number of amides is 1. The van der Waals surface area contributed by atoms with Crippen LogP contribution in [-0.2, 0) is 16.0 Å². The van der Waals surface area contributed by atoms with Crippen molar-refractivity contribution in [3.8, 4) is 11.3 Å². The van der Waals surface area contributed by atoms with Gasteiger partial charge >= 0.3 is 5.97 Å². The number of nitrogens with two attached hydrogens (primary N) is 2. The molecule has 7 N–H and O–H groups in total. The zero-order chi connectivity index (χ0) is 28.2. The first-order chi connectivity index (χ1) is 19.5. The Bertz CT molecular complexity index is 1490. The summed E-state index contributed by atoms with van der Waals surface area (Å²) in [4.78, 5) is 32.3. The number of aromatic nitrogens is 3. The van der Waals surface area contributed by atoms with Crippen LogP contribution < -0.4 is 27.6 Å². The predicted octanol–water partition coefficient (Wildman–Crippen LogP) is 2.42. The smallest absolute Gasteiger partial charge is 0.334 e. The second-order valence-corrected chi connectivity index (χ2v) is 8.25. The van der Waals surface area contributed by atoms with Gasteiger partial charge in [0.15, 0.2) is 11.8 Å². The highest BCUT2D eigenvalue weighted by atomic mass is 16.5. The average molecular weight is 538 g/mol. The summed E-state index contributed by atoms with van der Waals surface area (Å²) in [6, 6.07) is 23.7. The lowest BCUT2D eigenvalue weighted by molar-refractivity contribution is -0.137. The third-order valence-electron chi connectivity index (χ3n) is 5.39. The van der Waals surface area contributed by atoms with Gasteiger partial charge in [-0.15, -0.1) is 10.2 Å². The molecule has 0 unspecified atom stereocenters. The number of carbonyl (C=O) groups is 2. The number of hydrogen-bond donors (Lipinski definition) is 5. The zero-order valence-electron chi connectivity index (χ0n) is 21.3. The van der Waals surface area contributed by atoms with Crippen LogP contribution in [0.5, 0.6) is 0 Å². The minimum Gasteiger partial charge on any atom is -0.462 e. The SMILES string of the molecule is NC(=CC(=O)OCCc1ccccc1NC(N)=Nc1ccc(-c2ccccc2)nn1)NNC(=O)c1ccncc1. The summed E-state index contributed by atoms with van der Waals surface area (Å²) in [6.07, 6.45) is 4.40. The Labute approximate surface area is 230 Å². The van der Waals surface area contributed by atoms with Gasteiger partial charge in [0.05, 0.1) is 18.4 Å². The van der Waals surface area contributed by atoms with Crippen molar-refractivity contribution in [1.29, 1.82) is 0 Å². The van der Waals surface area contributed by atoms with E-state index in [0.717, 1.165) is 22.9 Å². The molecule has 12 heteroatoms. The van der Waals surface area contributed by atoms with Crippen LogP contribution in [0, 0.1) is 0 Å². The van der Waals surface area contributed by atoms with Crippen molar-refractivity contribution in [3.05, 3.63) is 114 Å². The first-order valence-corrected chi connectivity index (χ1v) is 12.2. The Hall–Kier alpha value is -5.78. The molecule has 4 rings (SSSR count). The molecule has 2 heterocycles. The van der Waals surface area contributed by atoms with E-state index in [-0.39, 0.29) is 18.4 Å². The van der Waals surface area contributed by atoms with E-state index in [1.54, 1.807) is 6.07 Å². The lowest BCUT2D eigenvalue weighted by atomic mass is 10.1. The lowest BCUT2D eigenvalue weighted by Crippen LogP contribution is -2.39. The first kappa shape index (κ1) is 27.3. The summed E-state index contributed by atoms with van der Waals surface area (Å²) >= 11 is 0. The summed E-state index contributed by atoms with van der Waals surface area (Å²) in [7, 11) is 0. The minimum atomic E-state index is -0.674. The molecule has 0 bridgehead atoms. The number of nitrogens with zero attached hydrogens (tertiary/aromatic N) is 4. The molecule has 0 radical (unpaired) electrons. The van der Waals surface area contributed by atoms with Crippen molar-refractivity contribution in [1.82, 2.24) is 26.0 Å². The van der Waals surface area contributed by atoms with Crippen molar-refractivity contribution in [3.63, 3.8) is 0 Å². The third kappa shape index (κ3) is 8.11. The first-order valence-electron chi connectivity index (χ1n) is 12.2. The highest BCUT2D eigenvalue weighted by molar-refractivity contribution is 5.94. The van der Waals surface area contributed by atoms with Crippen LogP contribution in [0.3, 0.4) is 0 Å². The topological polar surface area (TPSA) is 183 Å². The Morgan fingerprint density at radius 1 is 0.875 bits per heavy atom. The number of esters is 1. The van der Waals surface area contributed by atoms with Crippen molar-refractivity contribution >= 4 is 29.3 Å². The van der Waals surface area contributed by atoms with Gasteiger partial charge < -0.3 is 21.5 Å². The van der Waals surface area contributed by atoms with Gasteiger partial charge in [0.1, 0.15) is 5.82 Å². The largest absolute Gasteiger partial charge is 0.462 e. The summed E-state index contributed by atoms with van der Waals surface area (Å²) < 4.78 is 5.25. The molecular formula is C28H27N9O3. The van der Waals surface area contributed by atoms with E-state index in [4.69, 9.17) is 16.2 Å². The molecular weight excluding hydrogens is 510 g/mol. The number of para-hydroxylation sites is 1. The zero-order valence-corrected chi connectivity index (χ0v) is 21.3. The van der Waals surface area contributed by atoms with E-state index >= 15 is 0 Å². The van der Waals surface area contributed by atoms with Crippen LogP contribution in [0.1, 0.15) is 15.9 Å². The highest BCUT2D eigenvalue weighted by Gasteiger charge is 2.08. The van der Waals surface area contributed by atoms with Gasteiger partial charge in [-0.25, -0.2) is 4.79 Å². The number of anilines is 1. The standard InChI is InChI=1S/C28H27N9O3/c29-24(35-37-27(39)21-12-15-31-16-13-21)18-26(38)40-17-14-20-8-4-5-9-22(20)32-28(30)33-25-11-10-23(34-36-25)19-6-2-1-3-7-19/h1-13,15-16,18,35H,14,17,29H2,(H,37,39)(H3,30,32,33,36). The lowest BCUT2D eigenvalue weighted by Gasteiger charge is -2.12. The third-order valence-corrected chi connectivity index (χ3v) is 5.39. The molecule has 2 aromatic heterocycles.